The first-order chi connectivity index (χ1) is 12.8. The summed E-state index contributed by atoms with van der Waals surface area (Å²) in [6, 6.07) is 6.45. The minimum atomic E-state index is -1.17. The number of ketones is 1. The Kier molecular flexibility index (Phi) is 4.19. The van der Waals surface area contributed by atoms with Crippen LogP contribution in [-0.2, 0) is 11.2 Å². The van der Waals surface area contributed by atoms with Gasteiger partial charge in [0.2, 0.25) is 0 Å². The number of aryl methyl sites for hydroxylation is 1. The molecule has 1 atom stereocenters. The van der Waals surface area contributed by atoms with Gasteiger partial charge < -0.3 is 10.1 Å². The molecule has 0 saturated carbocycles. The maximum Gasteiger partial charge on any atom is 0.181 e. The van der Waals surface area contributed by atoms with Crippen LogP contribution in [0.4, 0.5) is 0 Å². The molecule has 4 heteroatoms. The van der Waals surface area contributed by atoms with E-state index in [4.69, 9.17) is 4.99 Å². The number of nitrogens with one attached hydrogen (secondary N) is 1. The van der Waals surface area contributed by atoms with Crippen molar-refractivity contribution in [3.8, 4) is 0 Å². The van der Waals surface area contributed by atoms with Crippen LogP contribution in [0.3, 0.4) is 0 Å². The molecule has 0 saturated heterocycles. The molecule has 1 unspecified atom stereocenters. The van der Waals surface area contributed by atoms with Crippen molar-refractivity contribution in [1.82, 2.24) is 4.98 Å². The monoisotopic (exact) mass is 362 g/mol. The van der Waals surface area contributed by atoms with Gasteiger partial charge in [0.1, 0.15) is 5.60 Å². The highest BCUT2D eigenvalue weighted by molar-refractivity contribution is 6.09. The molecule has 2 aliphatic rings. The topological polar surface area (TPSA) is 65.4 Å². The number of H-pyrrole nitrogens is 1. The Morgan fingerprint density at radius 2 is 2.07 bits per heavy atom. The van der Waals surface area contributed by atoms with Crippen LogP contribution in [0.25, 0.3) is 10.9 Å². The zero-order valence-corrected chi connectivity index (χ0v) is 16.4. The van der Waals surface area contributed by atoms with E-state index in [-0.39, 0.29) is 11.7 Å². The number of benzene rings is 1. The summed E-state index contributed by atoms with van der Waals surface area (Å²) < 4.78 is 0. The molecule has 1 aliphatic carbocycles. The fraction of sp³-hybridized carbons (Fsp3) is 0.391. The van der Waals surface area contributed by atoms with Crippen molar-refractivity contribution in [1.29, 1.82) is 0 Å². The van der Waals surface area contributed by atoms with Gasteiger partial charge in [-0.2, -0.15) is 0 Å². The summed E-state index contributed by atoms with van der Waals surface area (Å²) in [4.78, 5) is 20.5. The third-order valence-corrected chi connectivity index (χ3v) is 5.78. The number of carbonyl (C=O) groups is 1. The summed E-state index contributed by atoms with van der Waals surface area (Å²) in [5, 5.41) is 12.6. The van der Waals surface area contributed by atoms with E-state index in [1.807, 2.05) is 20.8 Å². The van der Waals surface area contributed by atoms with Crippen LogP contribution in [0.15, 0.2) is 46.5 Å². The van der Waals surface area contributed by atoms with Crippen LogP contribution in [0.1, 0.15) is 44.0 Å². The van der Waals surface area contributed by atoms with Gasteiger partial charge in [0.25, 0.3) is 0 Å². The van der Waals surface area contributed by atoms with Crippen LogP contribution >= 0.6 is 0 Å². The fourth-order valence-corrected chi connectivity index (χ4v) is 4.15. The number of aromatic amines is 1. The van der Waals surface area contributed by atoms with Crippen molar-refractivity contribution in [2.45, 2.75) is 46.1 Å². The lowest BCUT2D eigenvalue weighted by atomic mass is 9.78. The molecule has 4 nitrogen and oxygen atoms in total. The van der Waals surface area contributed by atoms with Gasteiger partial charge >= 0.3 is 0 Å². The van der Waals surface area contributed by atoms with Crippen LogP contribution in [0, 0.1) is 12.8 Å². The van der Waals surface area contributed by atoms with Crippen LogP contribution in [0.5, 0.6) is 0 Å². The molecule has 2 aromatic rings. The van der Waals surface area contributed by atoms with Gasteiger partial charge in [-0.1, -0.05) is 26.0 Å². The minimum absolute atomic E-state index is 0.000431. The van der Waals surface area contributed by atoms with Crippen molar-refractivity contribution in [3.05, 3.63) is 58.3 Å². The summed E-state index contributed by atoms with van der Waals surface area (Å²) in [5.74, 6) is 0.0767. The fourth-order valence-electron chi connectivity index (χ4n) is 4.15. The molecule has 1 aliphatic heterocycles. The molecule has 27 heavy (non-hydrogen) atoms. The molecule has 0 amide bonds. The molecule has 0 radical (unpaired) electrons. The average molecular weight is 362 g/mol. The van der Waals surface area contributed by atoms with Gasteiger partial charge in [-0.3, -0.25) is 9.79 Å². The van der Waals surface area contributed by atoms with E-state index in [1.54, 1.807) is 12.2 Å². The van der Waals surface area contributed by atoms with Gasteiger partial charge in [-0.15, -0.1) is 0 Å². The molecule has 2 heterocycles. The quantitative estimate of drug-likeness (QED) is 0.865. The van der Waals surface area contributed by atoms with Gasteiger partial charge in [0, 0.05) is 29.4 Å². The van der Waals surface area contributed by atoms with E-state index in [1.165, 1.54) is 16.5 Å². The molecular weight excluding hydrogens is 336 g/mol. The number of nitrogens with zero attached hydrogens (tertiary/aromatic N) is 1. The second-order valence-corrected chi connectivity index (χ2v) is 8.15. The number of allylic oxidation sites excluding steroid dienone is 2. The Hall–Kier alpha value is -2.46. The normalized spacial score (nSPS) is 22.6. The Morgan fingerprint density at radius 1 is 1.30 bits per heavy atom. The summed E-state index contributed by atoms with van der Waals surface area (Å²) in [6.07, 6.45) is 4.60. The van der Waals surface area contributed by atoms with Crippen molar-refractivity contribution in [2.24, 2.45) is 10.9 Å². The first-order valence-electron chi connectivity index (χ1n) is 9.61. The standard InChI is InChI=1S/C23H26N2O2/c1-13(2)18-11-23(27,15(4)10-21(18)26)12-20-22-17(7-8-24-20)16-6-5-14(3)9-19(16)25-22/h5-6,9-11,13,25,27H,7-8,12H2,1-4H3. The Bertz CT molecular complexity index is 1040. The smallest absolute Gasteiger partial charge is 0.181 e. The first kappa shape index (κ1) is 17.9. The highest BCUT2D eigenvalue weighted by Crippen LogP contribution is 2.35. The predicted octanol–water partition coefficient (Wildman–Crippen LogP) is 4.05. The highest BCUT2D eigenvalue weighted by atomic mass is 16.3. The second-order valence-electron chi connectivity index (χ2n) is 8.15. The molecule has 1 aromatic carbocycles. The van der Waals surface area contributed by atoms with Crippen molar-refractivity contribution < 1.29 is 9.90 Å². The third kappa shape index (κ3) is 2.98. The van der Waals surface area contributed by atoms with Gasteiger partial charge in [0.15, 0.2) is 5.78 Å². The Labute approximate surface area is 159 Å². The van der Waals surface area contributed by atoms with Crippen molar-refractivity contribution in [3.63, 3.8) is 0 Å². The molecule has 4 rings (SSSR count). The molecular formula is C23H26N2O2. The van der Waals surface area contributed by atoms with E-state index in [0.29, 0.717) is 17.6 Å². The van der Waals surface area contributed by atoms with E-state index >= 15 is 0 Å². The predicted molar refractivity (Wildman–Crippen MR) is 109 cm³/mol. The number of aliphatic imine (C=N–C) groups is 1. The van der Waals surface area contributed by atoms with E-state index in [2.05, 4.69) is 30.1 Å². The lowest BCUT2D eigenvalue weighted by molar-refractivity contribution is -0.112. The van der Waals surface area contributed by atoms with Gasteiger partial charge in [0.05, 0.1) is 11.4 Å². The average Bonchev–Trinajstić information content (AvgIpc) is 2.97. The lowest BCUT2D eigenvalue weighted by Gasteiger charge is -2.32. The SMILES string of the molecule is CC1=CC(=O)C(C(C)C)=CC1(O)CC1=NCCc2c1[nH]c1cc(C)ccc21. The number of hydrogen-bond donors (Lipinski definition) is 2. The van der Waals surface area contributed by atoms with Gasteiger partial charge in [-0.25, -0.2) is 0 Å². The third-order valence-electron chi connectivity index (χ3n) is 5.78. The maximum atomic E-state index is 12.3. The van der Waals surface area contributed by atoms with Crippen molar-refractivity contribution >= 4 is 22.4 Å². The van der Waals surface area contributed by atoms with Crippen LogP contribution < -0.4 is 0 Å². The van der Waals surface area contributed by atoms with E-state index < -0.39 is 5.60 Å². The minimum Gasteiger partial charge on any atom is -0.381 e. The molecule has 1 aromatic heterocycles. The van der Waals surface area contributed by atoms with Crippen LogP contribution in [-0.4, -0.2) is 33.7 Å². The molecule has 140 valence electrons. The molecule has 0 fully saturated rings. The lowest BCUT2D eigenvalue weighted by Crippen LogP contribution is -2.36. The molecule has 2 N–H and O–H groups in total. The number of fused-ring (bicyclic) bond motifs is 3. The van der Waals surface area contributed by atoms with Gasteiger partial charge in [-0.05, 0) is 61.1 Å². The maximum absolute atomic E-state index is 12.3. The molecule has 0 bridgehead atoms. The van der Waals surface area contributed by atoms with Crippen LogP contribution in [0.2, 0.25) is 0 Å². The summed E-state index contributed by atoms with van der Waals surface area (Å²) in [6.45, 7) is 8.60. The van der Waals surface area contributed by atoms with E-state index in [0.717, 1.165) is 29.9 Å². The van der Waals surface area contributed by atoms with Crippen molar-refractivity contribution in [2.75, 3.05) is 6.54 Å². The van der Waals surface area contributed by atoms with E-state index in [9.17, 15) is 9.90 Å². The summed E-state index contributed by atoms with van der Waals surface area (Å²) >= 11 is 0. The second kappa shape index (κ2) is 6.31. The number of hydrogen-bond acceptors (Lipinski definition) is 3. The Morgan fingerprint density at radius 3 is 2.81 bits per heavy atom. The highest BCUT2D eigenvalue weighted by Gasteiger charge is 2.36. The number of aliphatic hydroxyl groups is 1. The number of aromatic nitrogens is 1. The molecule has 0 spiro atoms. The zero-order chi connectivity index (χ0) is 19.3. The summed E-state index contributed by atoms with van der Waals surface area (Å²) in [5.41, 5.74) is 5.70. The number of carbonyl (C=O) groups excluding carboxylic acids is 1. The first-order valence-corrected chi connectivity index (χ1v) is 9.61. The zero-order valence-electron chi connectivity index (χ0n) is 16.4. The number of rotatable bonds is 3. The largest absolute Gasteiger partial charge is 0.381 e. The summed E-state index contributed by atoms with van der Waals surface area (Å²) in [7, 11) is 0. The Balaban J connectivity index is 1.75.